The minimum Gasteiger partial charge on any atom is -0.448 e. The second-order valence-electron chi connectivity index (χ2n) is 5.36. The molecule has 2 aromatic rings. The Morgan fingerprint density at radius 3 is 2.55 bits per heavy atom. The van der Waals surface area contributed by atoms with Crippen molar-refractivity contribution in [2.45, 2.75) is 26.1 Å². The Morgan fingerprint density at radius 2 is 1.95 bits per heavy atom. The Hall–Kier alpha value is -1.27. The van der Waals surface area contributed by atoms with Gasteiger partial charge in [0, 0.05) is 32.3 Å². The normalized spacial score (nSPS) is 23.5. The predicted molar refractivity (Wildman–Crippen MR) is 78.8 cm³/mol. The van der Waals surface area contributed by atoms with Crippen LogP contribution in [-0.2, 0) is 11.8 Å². The molecule has 2 aromatic heterocycles. The lowest BCUT2D eigenvalue weighted by atomic mass is 10.2. The highest BCUT2D eigenvalue weighted by molar-refractivity contribution is 9.10. The van der Waals surface area contributed by atoms with Crippen LogP contribution >= 0.6 is 15.9 Å². The summed E-state index contributed by atoms with van der Waals surface area (Å²) >= 11 is 3.30. The van der Waals surface area contributed by atoms with Gasteiger partial charge in [-0.05, 0) is 29.8 Å². The van der Waals surface area contributed by atoms with E-state index >= 15 is 0 Å². The van der Waals surface area contributed by atoms with Crippen LogP contribution in [0.5, 0.6) is 0 Å². The summed E-state index contributed by atoms with van der Waals surface area (Å²) in [5.74, 6) is 0.0250. The number of aromatic nitrogens is 1. The summed E-state index contributed by atoms with van der Waals surface area (Å²) in [4.78, 5) is 14.5. The molecule has 0 N–H and O–H groups in total. The molecule has 6 heteroatoms. The summed E-state index contributed by atoms with van der Waals surface area (Å²) in [6.07, 6.45) is 0.139. The lowest BCUT2D eigenvalue weighted by molar-refractivity contribution is -0.0588. The molecular weight excluding hydrogens is 324 g/mol. The fourth-order valence-electron chi connectivity index (χ4n) is 2.79. The molecule has 0 aromatic carbocycles. The SMILES string of the molecule is CC1CN(C(=O)c2cc3oc(Br)cc3n2C)CC(C)O1. The summed E-state index contributed by atoms with van der Waals surface area (Å²) < 4.78 is 13.7. The van der Waals surface area contributed by atoms with Crippen molar-refractivity contribution in [3.05, 3.63) is 22.5 Å². The van der Waals surface area contributed by atoms with E-state index in [4.69, 9.17) is 9.15 Å². The minimum absolute atomic E-state index is 0.0250. The van der Waals surface area contributed by atoms with E-state index in [9.17, 15) is 4.79 Å². The van der Waals surface area contributed by atoms with Gasteiger partial charge in [-0.3, -0.25) is 4.79 Å². The molecule has 1 aliphatic rings. The summed E-state index contributed by atoms with van der Waals surface area (Å²) in [5.41, 5.74) is 2.28. The number of halogens is 1. The van der Waals surface area contributed by atoms with Gasteiger partial charge in [0.1, 0.15) is 5.69 Å². The molecule has 20 heavy (non-hydrogen) atoms. The van der Waals surface area contributed by atoms with Gasteiger partial charge in [0.15, 0.2) is 10.3 Å². The fraction of sp³-hybridized carbons (Fsp3) is 0.500. The maximum atomic E-state index is 12.7. The molecule has 0 bridgehead atoms. The third-order valence-electron chi connectivity index (χ3n) is 3.63. The molecule has 0 radical (unpaired) electrons. The highest BCUT2D eigenvalue weighted by Gasteiger charge is 2.28. The molecule has 0 saturated carbocycles. The molecule has 2 atom stereocenters. The quantitative estimate of drug-likeness (QED) is 0.801. The Labute approximate surface area is 125 Å². The molecule has 0 aliphatic carbocycles. The molecule has 3 heterocycles. The van der Waals surface area contributed by atoms with Gasteiger partial charge in [-0.1, -0.05) is 0 Å². The van der Waals surface area contributed by atoms with Crippen molar-refractivity contribution in [3.8, 4) is 0 Å². The smallest absolute Gasteiger partial charge is 0.270 e. The van der Waals surface area contributed by atoms with E-state index in [-0.39, 0.29) is 18.1 Å². The van der Waals surface area contributed by atoms with Crippen LogP contribution < -0.4 is 0 Å². The topological polar surface area (TPSA) is 47.6 Å². The molecule has 2 unspecified atom stereocenters. The van der Waals surface area contributed by atoms with Crippen molar-refractivity contribution in [2.24, 2.45) is 7.05 Å². The van der Waals surface area contributed by atoms with Crippen LogP contribution in [0, 0.1) is 0 Å². The van der Waals surface area contributed by atoms with Crippen molar-refractivity contribution >= 4 is 32.9 Å². The summed E-state index contributed by atoms with van der Waals surface area (Å²) in [5, 5.41) is 0. The number of hydrogen-bond acceptors (Lipinski definition) is 3. The Kier molecular flexibility index (Phi) is 3.38. The minimum atomic E-state index is 0.0250. The third kappa shape index (κ3) is 2.27. The number of hydrogen-bond donors (Lipinski definition) is 0. The number of ether oxygens (including phenoxy) is 1. The van der Waals surface area contributed by atoms with E-state index < -0.39 is 0 Å². The lowest BCUT2D eigenvalue weighted by Gasteiger charge is -2.35. The van der Waals surface area contributed by atoms with E-state index in [2.05, 4.69) is 15.9 Å². The van der Waals surface area contributed by atoms with Gasteiger partial charge in [0.25, 0.3) is 5.91 Å². The highest BCUT2D eigenvalue weighted by atomic mass is 79.9. The second-order valence-corrected chi connectivity index (χ2v) is 6.14. The van der Waals surface area contributed by atoms with Gasteiger partial charge in [-0.2, -0.15) is 0 Å². The molecule has 1 saturated heterocycles. The van der Waals surface area contributed by atoms with E-state index in [0.717, 1.165) is 11.1 Å². The first-order valence-electron chi connectivity index (χ1n) is 6.65. The summed E-state index contributed by atoms with van der Waals surface area (Å²) in [7, 11) is 1.88. The predicted octanol–water partition coefficient (Wildman–Crippen LogP) is 2.78. The molecule has 3 rings (SSSR count). The molecule has 108 valence electrons. The van der Waals surface area contributed by atoms with Crippen LogP contribution in [0.25, 0.3) is 11.1 Å². The van der Waals surface area contributed by atoms with Crippen molar-refractivity contribution in [3.63, 3.8) is 0 Å². The molecule has 0 spiro atoms. The van der Waals surface area contributed by atoms with Crippen LogP contribution in [0.15, 0.2) is 21.2 Å². The maximum absolute atomic E-state index is 12.7. The van der Waals surface area contributed by atoms with Gasteiger partial charge in [0.05, 0.1) is 17.7 Å². The van der Waals surface area contributed by atoms with Gasteiger partial charge >= 0.3 is 0 Å². The average molecular weight is 341 g/mol. The van der Waals surface area contributed by atoms with Crippen molar-refractivity contribution in [2.75, 3.05) is 13.1 Å². The first-order chi connectivity index (χ1) is 9.45. The Bertz CT molecular complexity index is 651. The lowest BCUT2D eigenvalue weighted by Crippen LogP contribution is -2.48. The van der Waals surface area contributed by atoms with Crippen molar-refractivity contribution < 1.29 is 13.9 Å². The largest absolute Gasteiger partial charge is 0.448 e. The van der Waals surface area contributed by atoms with Crippen LogP contribution in [0.3, 0.4) is 0 Å². The number of amides is 1. The first kappa shape index (κ1) is 13.7. The molecule has 1 fully saturated rings. The zero-order valence-electron chi connectivity index (χ0n) is 11.7. The molecule has 5 nitrogen and oxygen atoms in total. The van der Waals surface area contributed by atoms with E-state index in [1.165, 1.54) is 0 Å². The first-order valence-corrected chi connectivity index (χ1v) is 7.44. The van der Waals surface area contributed by atoms with Gasteiger partial charge < -0.3 is 18.6 Å². The van der Waals surface area contributed by atoms with E-state index in [0.29, 0.717) is 23.5 Å². The highest BCUT2D eigenvalue weighted by Crippen LogP contribution is 2.27. The maximum Gasteiger partial charge on any atom is 0.270 e. The van der Waals surface area contributed by atoms with Crippen LogP contribution in [0.4, 0.5) is 0 Å². The van der Waals surface area contributed by atoms with Crippen LogP contribution in [0.2, 0.25) is 0 Å². The van der Waals surface area contributed by atoms with Gasteiger partial charge in [-0.15, -0.1) is 0 Å². The number of furan rings is 1. The van der Waals surface area contributed by atoms with Gasteiger partial charge in [0.2, 0.25) is 0 Å². The number of carbonyl (C=O) groups excluding carboxylic acids is 1. The standard InChI is InChI=1S/C14H17BrN2O3/c1-8-6-17(7-9(2)19-8)14(18)11-4-12-10(16(11)3)5-13(15)20-12/h4-5,8-9H,6-7H2,1-3H3. The number of rotatable bonds is 1. The fourth-order valence-corrected chi connectivity index (χ4v) is 3.18. The number of aryl methyl sites for hydroxylation is 1. The van der Waals surface area contributed by atoms with Crippen molar-refractivity contribution in [1.82, 2.24) is 9.47 Å². The Morgan fingerprint density at radius 1 is 1.30 bits per heavy atom. The molecule has 1 amide bonds. The van der Waals surface area contributed by atoms with Gasteiger partial charge in [-0.25, -0.2) is 0 Å². The summed E-state index contributed by atoms with van der Waals surface area (Å²) in [6, 6.07) is 3.67. The zero-order valence-corrected chi connectivity index (χ0v) is 13.3. The Balaban J connectivity index is 1.92. The van der Waals surface area contributed by atoms with Crippen LogP contribution in [0.1, 0.15) is 24.3 Å². The zero-order chi connectivity index (χ0) is 14.4. The third-order valence-corrected chi connectivity index (χ3v) is 4.02. The van der Waals surface area contributed by atoms with E-state index in [1.54, 1.807) is 6.07 Å². The number of morpholine rings is 1. The summed E-state index contributed by atoms with van der Waals surface area (Å²) in [6.45, 7) is 5.23. The van der Waals surface area contributed by atoms with Crippen molar-refractivity contribution in [1.29, 1.82) is 0 Å². The van der Waals surface area contributed by atoms with Crippen LogP contribution in [-0.4, -0.2) is 40.7 Å². The number of nitrogens with zero attached hydrogens (tertiary/aromatic N) is 2. The number of carbonyl (C=O) groups is 1. The second kappa shape index (κ2) is 4.93. The monoisotopic (exact) mass is 340 g/mol. The van der Waals surface area contributed by atoms with E-state index in [1.807, 2.05) is 36.4 Å². The molecular formula is C14H17BrN2O3. The molecule has 1 aliphatic heterocycles. The number of fused-ring (bicyclic) bond motifs is 1. The average Bonchev–Trinajstić information content (AvgIpc) is 2.86.